The Balaban J connectivity index is 1.57. The number of rotatable bonds is 6. The average molecular weight is 462 g/mol. The number of likely N-dealkylation sites (tertiary alicyclic amines) is 1. The molecule has 33 heavy (non-hydrogen) atoms. The molecule has 1 aliphatic heterocycles. The lowest BCUT2D eigenvalue weighted by Crippen LogP contribution is -2.40. The first-order valence-electron chi connectivity index (χ1n) is 11.3. The van der Waals surface area contributed by atoms with Gasteiger partial charge in [-0.3, -0.25) is 4.98 Å². The van der Waals surface area contributed by atoms with Crippen molar-refractivity contribution in [1.29, 1.82) is 0 Å². The highest BCUT2D eigenvalue weighted by Crippen LogP contribution is 2.29. The molecule has 0 aliphatic carbocycles. The number of nitrogens with one attached hydrogen (secondary N) is 1. The summed E-state index contributed by atoms with van der Waals surface area (Å²) in [5.41, 5.74) is 5.42. The molecule has 6 nitrogen and oxygen atoms in total. The standard InChI is InChI=1S/C24H30F3N5O/c1-15-12-16(2)22-20(13-15)32(14-19-21(33)5-4-17(3)28-19)23(30-22)29-18-6-9-31(10-7-18)11-8-24(25,26)27/h4-5,12-13,18,33H,6-11,14H2,1-3H3,(H,29,30). The number of hydrogen-bond donors (Lipinski definition) is 2. The Morgan fingerprint density at radius 3 is 2.52 bits per heavy atom. The largest absolute Gasteiger partial charge is 0.506 e. The Labute approximate surface area is 191 Å². The van der Waals surface area contributed by atoms with Crippen LogP contribution >= 0.6 is 0 Å². The second kappa shape index (κ2) is 9.21. The maximum Gasteiger partial charge on any atom is 0.390 e. The van der Waals surface area contributed by atoms with Crippen molar-refractivity contribution in [2.45, 2.75) is 58.8 Å². The zero-order valence-corrected chi connectivity index (χ0v) is 19.2. The third kappa shape index (κ3) is 5.58. The molecule has 1 fully saturated rings. The molecule has 2 N–H and O–H groups in total. The first kappa shape index (κ1) is 23.4. The molecule has 1 aliphatic rings. The van der Waals surface area contributed by atoms with Gasteiger partial charge in [-0.25, -0.2) is 4.98 Å². The van der Waals surface area contributed by atoms with Gasteiger partial charge in [0, 0.05) is 31.4 Å². The zero-order valence-electron chi connectivity index (χ0n) is 19.2. The fourth-order valence-corrected chi connectivity index (χ4v) is 4.48. The molecule has 2 aromatic heterocycles. The van der Waals surface area contributed by atoms with E-state index in [-0.39, 0.29) is 18.3 Å². The van der Waals surface area contributed by atoms with Gasteiger partial charge in [-0.05, 0) is 62.9 Å². The van der Waals surface area contributed by atoms with Crippen LogP contribution < -0.4 is 5.32 Å². The number of hydrogen-bond acceptors (Lipinski definition) is 5. The van der Waals surface area contributed by atoms with Crippen LogP contribution in [-0.4, -0.2) is 56.4 Å². The maximum atomic E-state index is 12.5. The predicted octanol–water partition coefficient (Wildman–Crippen LogP) is 4.94. The molecule has 9 heteroatoms. The van der Waals surface area contributed by atoms with Crippen LogP contribution in [0, 0.1) is 20.8 Å². The van der Waals surface area contributed by atoms with Gasteiger partial charge in [0.2, 0.25) is 5.95 Å². The molecule has 178 valence electrons. The van der Waals surface area contributed by atoms with Gasteiger partial charge in [-0.15, -0.1) is 0 Å². The monoisotopic (exact) mass is 461 g/mol. The summed E-state index contributed by atoms with van der Waals surface area (Å²) in [5, 5.41) is 13.9. The molecule has 3 heterocycles. The number of aromatic nitrogens is 3. The number of fused-ring (bicyclic) bond motifs is 1. The van der Waals surface area contributed by atoms with Gasteiger partial charge in [0.25, 0.3) is 0 Å². The predicted molar refractivity (Wildman–Crippen MR) is 123 cm³/mol. The fraction of sp³-hybridized carbons (Fsp3) is 0.500. The van der Waals surface area contributed by atoms with Gasteiger partial charge in [0.1, 0.15) is 11.4 Å². The molecule has 3 aromatic rings. The molecule has 0 saturated carbocycles. The van der Waals surface area contributed by atoms with Crippen LogP contribution in [0.5, 0.6) is 5.75 Å². The molecule has 0 spiro atoms. The van der Waals surface area contributed by atoms with Crippen LogP contribution in [0.25, 0.3) is 11.0 Å². The summed E-state index contributed by atoms with van der Waals surface area (Å²) in [6.45, 7) is 7.59. The van der Waals surface area contributed by atoms with Gasteiger partial charge in [-0.1, -0.05) is 6.07 Å². The van der Waals surface area contributed by atoms with Crippen molar-refractivity contribution in [3.63, 3.8) is 0 Å². The lowest BCUT2D eigenvalue weighted by atomic mass is 10.1. The third-order valence-electron chi connectivity index (χ3n) is 6.22. The van der Waals surface area contributed by atoms with E-state index in [1.54, 1.807) is 12.1 Å². The van der Waals surface area contributed by atoms with Gasteiger partial charge in [0.15, 0.2) is 0 Å². The summed E-state index contributed by atoms with van der Waals surface area (Å²) in [6.07, 6.45) is -3.40. The van der Waals surface area contributed by atoms with Crippen molar-refractivity contribution in [3.05, 3.63) is 46.8 Å². The molecule has 0 bridgehead atoms. The topological polar surface area (TPSA) is 66.2 Å². The minimum Gasteiger partial charge on any atom is -0.506 e. The molecule has 1 saturated heterocycles. The van der Waals surface area contributed by atoms with E-state index in [2.05, 4.69) is 22.4 Å². The van der Waals surface area contributed by atoms with Crippen molar-refractivity contribution in [3.8, 4) is 5.75 Å². The molecule has 4 rings (SSSR count). The number of anilines is 1. The van der Waals surface area contributed by atoms with Crippen LogP contribution in [0.2, 0.25) is 0 Å². The van der Waals surface area contributed by atoms with Gasteiger partial charge < -0.3 is 19.9 Å². The van der Waals surface area contributed by atoms with E-state index < -0.39 is 12.6 Å². The molecule has 0 atom stereocenters. The smallest absolute Gasteiger partial charge is 0.390 e. The van der Waals surface area contributed by atoms with Crippen LogP contribution in [0.15, 0.2) is 24.3 Å². The van der Waals surface area contributed by atoms with Gasteiger partial charge in [0.05, 0.1) is 24.0 Å². The summed E-state index contributed by atoms with van der Waals surface area (Å²) >= 11 is 0. The van der Waals surface area contributed by atoms with Crippen molar-refractivity contribution >= 4 is 17.0 Å². The fourth-order valence-electron chi connectivity index (χ4n) is 4.48. The normalized spacial score (nSPS) is 15.9. The first-order valence-corrected chi connectivity index (χ1v) is 11.3. The van der Waals surface area contributed by atoms with Crippen molar-refractivity contribution in [2.75, 3.05) is 25.0 Å². The third-order valence-corrected chi connectivity index (χ3v) is 6.22. The number of nitrogens with zero attached hydrogens (tertiary/aromatic N) is 4. The van der Waals surface area contributed by atoms with Crippen LogP contribution in [0.3, 0.4) is 0 Å². The Hall–Kier alpha value is -2.81. The first-order chi connectivity index (χ1) is 15.6. The summed E-state index contributed by atoms with van der Waals surface area (Å²) in [5.74, 6) is 0.825. The summed E-state index contributed by atoms with van der Waals surface area (Å²) in [6, 6.07) is 7.70. The van der Waals surface area contributed by atoms with Crippen molar-refractivity contribution < 1.29 is 18.3 Å². The van der Waals surface area contributed by atoms with E-state index in [0.29, 0.717) is 31.3 Å². The Bertz CT molecular complexity index is 1130. The van der Waals surface area contributed by atoms with Crippen LogP contribution in [0.4, 0.5) is 19.1 Å². The molecule has 0 radical (unpaired) electrons. The molecular formula is C24H30F3N5O. The quantitative estimate of drug-likeness (QED) is 0.544. The molecule has 0 unspecified atom stereocenters. The van der Waals surface area contributed by atoms with Crippen LogP contribution in [-0.2, 0) is 6.54 Å². The van der Waals surface area contributed by atoms with E-state index in [0.717, 1.165) is 40.7 Å². The van der Waals surface area contributed by atoms with Crippen LogP contribution in [0.1, 0.15) is 41.8 Å². The second-order valence-electron chi connectivity index (χ2n) is 9.01. The Morgan fingerprint density at radius 2 is 1.82 bits per heavy atom. The highest BCUT2D eigenvalue weighted by molar-refractivity contribution is 5.83. The van der Waals surface area contributed by atoms with E-state index in [9.17, 15) is 18.3 Å². The van der Waals surface area contributed by atoms with Gasteiger partial charge in [-0.2, -0.15) is 13.2 Å². The summed E-state index contributed by atoms with van der Waals surface area (Å²) in [7, 11) is 0. The Kier molecular flexibility index (Phi) is 6.52. The molecule has 1 aromatic carbocycles. The number of aromatic hydroxyl groups is 1. The van der Waals surface area contributed by atoms with E-state index in [1.807, 2.05) is 30.2 Å². The minimum absolute atomic E-state index is 0.0471. The highest BCUT2D eigenvalue weighted by Gasteiger charge is 2.29. The number of piperidine rings is 1. The average Bonchev–Trinajstić information content (AvgIpc) is 3.07. The molecule has 0 amide bonds. The number of imidazole rings is 1. The van der Waals surface area contributed by atoms with E-state index in [1.165, 1.54) is 0 Å². The number of alkyl halides is 3. The summed E-state index contributed by atoms with van der Waals surface area (Å²) < 4.78 is 39.7. The van der Waals surface area contributed by atoms with Crippen molar-refractivity contribution in [1.82, 2.24) is 19.4 Å². The molecular weight excluding hydrogens is 431 g/mol. The number of pyridine rings is 1. The van der Waals surface area contributed by atoms with E-state index in [4.69, 9.17) is 4.98 Å². The zero-order chi connectivity index (χ0) is 23.8. The number of aryl methyl sites for hydroxylation is 3. The second-order valence-corrected chi connectivity index (χ2v) is 9.01. The Morgan fingerprint density at radius 1 is 1.09 bits per heavy atom. The van der Waals surface area contributed by atoms with E-state index >= 15 is 0 Å². The number of halogens is 3. The lowest BCUT2D eigenvalue weighted by molar-refractivity contribution is -0.138. The lowest BCUT2D eigenvalue weighted by Gasteiger charge is -2.32. The maximum absolute atomic E-state index is 12.5. The highest BCUT2D eigenvalue weighted by atomic mass is 19.4. The SMILES string of the molecule is Cc1cc(C)c2nc(NC3CCN(CCC(F)(F)F)CC3)n(Cc3nc(C)ccc3O)c2c1. The van der Waals surface area contributed by atoms with Crippen molar-refractivity contribution in [2.24, 2.45) is 0 Å². The van der Waals surface area contributed by atoms with Gasteiger partial charge >= 0.3 is 6.18 Å². The summed E-state index contributed by atoms with van der Waals surface area (Å²) in [4.78, 5) is 11.2. The number of benzene rings is 1. The minimum atomic E-state index is -4.12.